The van der Waals surface area contributed by atoms with Gasteiger partial charge in [0, 0.05) is 0 Å². The van der Waals surface area contributed by atoms with Gasteiger partial charge in [0.1, 0.15) is 5.75 Å². The lowest BCUT2D eigenvalue weighted by molar-refractivity contribution is -0.115. The predicted molar refractivity (Wildman–Crippen MR) is 116 cm³/mol. The number of amides is 1. The number of hydrogen-bond donors (Lipinski definition) is 1. The molecule has 8 heteroatoms. The Hall–Kier alpha value is -2.15. The Kier molecular flexibility index (Phi) is 6.88. The van der Waals surface area contributed by atoms with Crippen LogP contribution >= 0.6 is 35.0 Å². The number of benzene rings is 2. The van der Waals surface area contributed by atoms with Gasteiger partial charge in [0.2, 0.25) is 0 Å². The van der Waals surface area contributed by atoms with Crippen LogP contribution in [0.25, 0.3) is 6.08 Å². The van der Waals surface area contributed by atoms with E-state index < -0.39 is 0 Å². The van der Waals surface area contributed by atoms with Crippen LogP contribution < -0.4 is 14.8 Å². The summed E-state index contributed by atoms with van der Waals surface area (Å²) < 4.78 is 10.8. The van der Waals surface area contributed by atoms with Crippen molar-refractivity contribution in [3.8, 4) is 11.5 Å². The molecule has 0 aromatic heterocycles. The maximum absolute atomic E-state index is 12.3. The molecular weight excluding hydrogens is 419 g/mol. The van der Waals surface area contributed by atoms with E-state index in [0.29, 0.717) is 44.6 Å². The van der Waals surface area contributed by atoms with Crippen LogP contribution in [0.5, 0.6) is 11.5 Å². The first-order valence-corrected chi connectivity index (χ1v) is 10.2. The summed E-state index contributed by atoms with van der Waals surface area (Å²) in [6.45, 7) is 4.85. The Morgan fingerprint density at radius 1 is 1.07 bits per heavy atom. The van der Waals surface area contributed by atoms with Crippen LogP contribution in [-0.2, 0) is 4.79 Å². The lowest BCUT2D eigenvalue weighted by Crippen LogP contribution is -2.19. The van der Waals surface area contributed by atoms with Crippen molar-refractivity contribution in [2.45, 2.75) is 13.8 Å². The SMILES string of the molecule is CCOc1ccc(N=C2NC(=O)/C(=C\c3cc(Cl)c(OCC)c(Cl)c3)S2)cc1. The molecule has 2 aromatic rings. The number of ether oxygens (including phenoxy) is 2. The Bertz CT molecular complexity index is 920. The number of thioether (sulfide) groups is 1. The van der Waals surface area contributed by atoms with Gasteiger partial charge in [-0.1, -0.05) is 23.2 Å². The Balaban J connectivity index is 1.78. The molecule has 0 aliphatic carbocycles. The zero-order chi connectivity index (χ0) is 20.1. The van der Waals surface area contributed by atoms with Gasteiger partial charge in [0.25, 0.3) is 5.91 Å². The van der Waals surface area contributed by atoms with Gasteiger partial charge in [-0.3, -0.25) is 4.79 Å². The predicted octanol–water partition coefficient (Wildman–Crippen LogP) is 5.68. The maximum atomic E-state index is 12.3. The Morgan fingerprint density at radius 2 is 1.71 bits per heavy atom. The molecule has 1 heterocycles. The summed E-state index contributed by atoms with van der Waals surface area (Å²) in [5.74, 6) is 0.990. The van der Waals surface area contributed by atoms with Crippen molar-refractivity contribution in [2.75, 3.05) is 13.2 Å². The Labute approximate surface area is 177 Å². The van der Waals surface area contributed by atoms with Gasteiger partial charge >= 0.3 is 0 Å². The van der Waals surface area contributed by atoms with Crippen molar-refractivity contribution in [3.63, 3.8) is 0 Å². The fourth-order valence-corrected chi connectivity index (χ4v) is 3.93. The van der Waals surface area contributed by atoms with E-state index >= 15 is 0 Å². The van der Waals surface area contributed by atoms with Gasteiger partial charge in [-0.25, -0.2) is 4.99 Å². The van der Waals surface area contributed by atoms with Crippen molar-refractivity contribution in [1.82, 2.24) is 5.32 Å². The van der Waals surface area contributed by atoms with E-state index in [2.05, 4.69) is 10.3 Å². The first-order valence-electron chi connectivity index (χ1n) is 8.64. The third-order valence-electron chi connectivity index (χ3n) is 3.64. The number of nitrogens with one attached hydrogen (secondary N) is 1. The topological polar surface area (TPSA) is 59.9 Å². The Morgan fingerprint density at radius 3 is 2.32 bits per heavy atom. The highest BCUT2D eigenvalue weighted by Gasteiger charge is 2.24. The molecule has 0 unspecified atom stereocenters. The molecule has 3 rings (SSSR count). The first-order chi connectivity index (χ1) is 13.5. The largest absolute Gasteiger partial charge is 0.494 e. The summed E-state index contributed by atoms with van der Waals surface area (Å²) in [4.78, 5) is 17.2. The van der Waals surface area contributed by atoms with Crippen molar-refractivity contribution in [1.29, 1.82) is 0 Å². The number of rotatable bonds is 6. The van der Waals surface area contributed by atoms with Crippen molar-refractivity contribution in [2.24, 2.45) is 4.99 Å². The van der Waals surface area contributed by atoms with E-state index in [0.717, 1.165) is 11.4 Å². The van der Waals surface area contributed by atoms with Crippen molar-refractivity contribution in [3.05, 3.63) is 56.9 Å². The molecule has 0 spiro atoms. The minimum Gasteiger partial charge on any atom is -0.494 e. The van der Waals surface area contributed by atoms with Crippen LogP contribution in [0, 0.1) is 0 Å². The molecule has 1 N–H and O–H groups in total. The van der Waals surface area contributed by atoms with Crippen LogP contribution in [0.15, 0.2) is 46.3 Å². The molecule has 28 heavy (non-hydrogen) atoms. The van der Waals surface area contributed by atoms with Crippen LogP contribution in [0.3, 0.4) is 0 Å². The number of carbonyl (C=O) groups is 1. The molecule has 0 saturated carbocycles. The highest BCUT2D eigenvalue weighted by Crippen LogP contribution is 2.36. The number of amidine groups is 1. The lowest BCUT2D eigenvalue weighted by Gasteiger charge is -2.08. The number of nitrogens with zero attached hydrogens (tertiary/aromatic N) is 1. The summed E-state index contributed by atoms with van der Waals surface area (Å²) in [5.41, 5.74) is 1.43. The molecule has 2 aromatic carbocycles. The van der Waals surface area contributed by atoms with E-state index in [4.69, 9.17) is 32.7 Å². The summed E-state index contributed by atoms with van der Waals surface area (Å²) in [6, 6.07) is 10.8. The standard InChI is InChI=1S/C20H18Cl2N2O3S/c1-3-26-14-7-5-13(6-8-14)23-20-24-19(25)17(28-20)11-12-9-15(21)18(27-4-2)16(22)10-12/h5-11H,3-4H2,1-2H3,(H,23,24,25)/b17-11+. The number of hydrogen-bond acceptors (Lipinski definition) is 5. The van der Waals surface area contributed by atoms with E-state index in [1.165, 1.54) is 11.8 Å². The number of aliphatic imine (C=N–C) groups is 1. The van der Waals surface area contributed by atoms with Crippen molar-refractivity contribution >= 4 is 57.8 Å². The minimum absolute atomic E-state index is 0.226. The van der Waals surface area contributed by atoms with Gasteiger partial charge in [0.05, 0.1) is 33.9 Å². The van der Waals surface area contributed by atoms with E-state index in [9.17, 15) is 4.79 Å². The quantitative estimate of drug-likeness (QED) is 0.591. The van der Waals surface area contributed by atoms with Gasteiger partial charge in [-0.15, -0.1) is 0 Å². The highest BCUT2D eigenvalue weighted by molar-refractivity contribution is 8.18. The second kappa shape index (κ2) is 9.37. The summed E-state index contributed by atoms with van der Waals surface area (Å²) in [5, 5.41) is 4.05. The lowest BCUT2D eigenvalue weighted by atomic mass is 10.2. The van der Waals surface area contributed by atoms with Gasteiger partial charge in [-0.2, -0.15) is 0 Å². The van der Waals surface area contributed by atoms with E-state index in [1.54, 1.807) is 18.2 Å². The molecule has 0 bridgehead atoms. The fourth-order valence-electron chi connectivity index (χ4n) is 2.48. The van der Waals surface area contributed by atoms with Crippen LogP contribution in [0.1, 0.15) is 19.4 Å². The molecule has 1 aliphatic heterocycles. The normalized spacial score (nSPS) is 16.5. The first kappa shape index (κ1) is 20.6. The average molecular weight is 437 g/mol. The third kappa shape index (κ3) is 5.01. The molecule has 1 aliphatic rings. The molecule has 1 fully saturated rings. The van der Waals surface area contributed by atoms with Gasteiger partial charge in [-0.05, 0) is 73.6 Å². The molecule has 1 amide bonds. The second-order valence-electron chi connectivity index (χ2n) is 5.66. The zero-order valence-electron chi connectivity index (χ0n) is 15.3. The molecule has 0 atom stereocenters. The maximum Gasteiger partial charge on any atom is 0.264 e. The van der Waals surface area contributed by atoms with Gasteiger partial charge in [0.15, 0.2) is 10.9 Å². The van der Waals surface area contributed by atoms with Crippen LogP contribution in [-0.4, -0.2) is 24.3 Å². The summed E-state index contributed by atoms with van der Waals surface area (Å²) in [7, 11) is 0. The van der Waals surface area contributed by atoms with Gasteiger partial charge < -0.3 is 14.8 Å². The van der Waals surface area contributed by atoms with Crippen LogP contribution in [0.2, 0.25) is 10.0 Å². The molecular formula is C20H18Cl2N2O3S. The fraction of sp³-hybridized carbons (Fsp3) is 0.200. The smallest absolute Gasteiger partial charge is 0.264 e. The molecule has 5 nitrogen and oxygen atoms in total. The number of carbonyl (C=O) groups excluding carboxylic acids is 1. The van der Waals surface area contributed by atoms with E-state index in [-0.39, 0.29) is 5.91 Å². The number of halogens is 2. The van der Waals surface area contributed by atoms with E-state index in [1.807, 2.05) is 38.1 Å². The summed E-state index contributed by atoms with van der Waals surface area (Å²) >= 11 is 13.7. The monoisotopic (exact) mass is 436 g/mol. The zero-order valence-corrected chi connectivity index (χ0v) is 17.6. The molecule has 1 saturated heterocycles. The minimum atomic E-state index is -0.226. The average Bonchev–Trinajstić information content (AvgIpc) is 2.99. The molecule has 0 radical (unpaired) electrons. The molecule has 146 valence electrons. The highest BCUT2D eigenvalue weighted by atomic mass is 35.5. The third-order valence-corrected chi connectivity index (χ3v) is 5.11. The summed E-state index contributed by atoms with van der Waals surface area (Å²) in [6.07, 6.45) is 1.72. The van der Waals surface area contributed by atoms with Crippen molar-refractivity contribution < 1.29 is 14.3 Å². The van der Waals surface area contributed by atoms with Crippen LogP contribution in [0.4, 0.5) is 5.69 Å². The second-order valence-corrected chi connectivity index (χ2v) is 7.50.